The molecule has 104 valence electrons. The third-order valence-corrected chi connectivity index (χ3v) is 5.27. The van der Waals surface area contributed by atoms with Crippen molar-refractivity contribution in [2.45, 2.75) is 18.4 Å². The molecule has 0 bridgehead atoms. The first-order valence-corrected chi connectivity index (χ1v) is 7.69. The summed E-state index contributed by atoms with van der Waals surface area (Å²) in [7, 11) is 1.86. The van der Waals surface area contributed by atoms with E-state index in [0.29, 0.717) is 16.0 Å². The van der Waals surface area contributed by atoms with Gasteiger partial charge in [-0.2, -0.15) is 0 Å². The first-order chi connectivity index (χ1) is 9.63. The molecule has 2 atom stereocenters. The first-order valence-electron chi connectivity index (χ1n) is 6.52. The molecule has 0 aliphatic heterocycles. The summed E-state index contributed by atoms with van der Waals surface area (Å²) in [5.74, 6) is -0.0484. The Morgan fingerprint density at radius 3 is 2.75 bits per heavy atom. The molecule has 1 N–H and O–H groups in total. The molecule has 2 aromatic rings. The molecule has 3 rings (SSSR count). The molecule has 0 saturated heterocycles. The largest absolute Gasteiger partial charge is 0.312 e. The summed E-state index contributed by atoms with van der Waals surface area (Å²) in [5, 5.41) is 3.38. The number of rotatable bonds is 3. The van der Waals surface area contributed by atoms with Crippen LogP contribution in [0.2, 0.25) is 5.02 Å². The fourth-order valence-electron chi connectivity index (χ4n) is 2.95. The number of benzene rings is 2. The van der Waals surface area contributed by atoms with Gasteiger partial charge in [0, 0.05) is 22.0 Å². The normalized spacial score (nSPS) is 18.3. The average Bonchev–Trinajstić information content (AvgIpc) is 2.43. The zero-order chi connectivity index (χ0) is 14.3. The van der Waals surface area contributed by atoms with Gasteiger partial charge in [0.05, 0.1) is 5.02 Å². The fraction of sp³-hybridized carbons (Fsp3) is 0.250. The highest BCUT2D eigenvalue weighted by atomic mass is 79.9. The van der Waals surface area contributed by atoms with Crippen LogP contribution in [0, 0.1) is 5.82 Å². The number of hydrogen-bond donors (Lipinski definition) is 1. The molecule has 0 amide bonds. The summed E-state index contributed by atoms with van der Waals surface area (Å²) in [5.41, 5.74) is 3.27. The van der Waals surface area contributed by atoms with E-state index in [1.54, 1.807) is 12.1 Å². The van der Waals surface area contributed by atoms with Crippen LogP contribution in [0.4, 0.5) is 4.39 Å². The Morgan fingerprint density at radius 1 is 1.30 bits per heavy atom. The predicted octanol–water partition coefficient (Wildman–Crippen LogP) is 4.84. The summed E-state index contributed by atoms with van der Waals surface area (Å²) in [6, 6.07) is 11.9. The van der Waals surface area contributed by atoms with Gasteiger partial charge in [0.25, 0.3) is 0 Å². The van der Waals surface area contributed by atoms with E-state index in [4.69, 9.17) is 11.6 Å². The maximum absolute atomic E-state index is 14.4. The Kier molecular flexibility index (Phi) is 3.85. The molecule has 0 fully saturated rings. The number of likely N-dealkylation sites (N-methyl/N-ethyl adjacent to an activating group) is 1. The minimum Gasteiger partial charge on any atom is -0.312 e. The summed E-state index contributed by atoms with van der Waals surface area (Å²) in [6.07, 6.45) is 0.967. The zero-order valence-corrected chi connectivity index (χ0v) is 13.3. The predicted molar refractivity (Wildman–Crippen MR) is 83.8 cm³/mol. The number of hydrogen-bond acceptors (Lipinski definition) is 1. The van der Waals surface area contributed by atoms with Gasteiger partial charge in [0.15, 0.2) is 0 Å². The van der Waals surface area contributed by atoms with E-state index in [1.807, 2.05) is 19.2 Å². The first kappa shape index (κ1) is 14.1. The van der Waals surface area contributed by atoms with Crippen LogP contribution in [0.5, 0.6) is 0 Å². The Bertz CT molecular complexity index is 659. The molecule has 20 heavy (non-hydrogen) atoms. The minimum absolute atomic E-state index is 0.0597. The van der Waals surface area contributed by atoms with Gasteiger partial charge in [-0.15, -0.1) is 0 Å². The number of fused-ring (bicyclic) bond motifs is 1. The average molecular weight is 355 g/mol. The molecule has 0 spiro atoms. The molecular weight excluding hydrogens is 341 g/mol. The van der Waals surface area contributed by atoms with Crippen LogP contribution in [0.25, 0.3) is 0 Å². The van der Waals surface area contributed by atoms with Crippen LogP contribution in [0.1, 0.15) is 28.7 Å². The van der Waals surface area contributed by atoms with Crippen LogP contribution in [0.3, 0.4) is 0 Å². The molecular formula is C16H14BrClFN. The molecule has 0 radical (unpaired) electrons. The number of nitrogens with one attached hydrogen (secondary N) is 1. The standard InChI is InChI=1S/C16H14BrClFN/c1-20-16(11-6-7-13(17)14(18)15(11)19)12-8-9-4-2-3-5-10(9)12/h2-7,12,16,20H,8H2,1H3. The molecule has 1 aliphatic carbocycles. The lowest BCUT2D eigenvalue weighted by Crippen LogP contribution is -2.32. The molecule has 2 unspecified atom stereocenters. The minimum atomic E-state index is -0.343. The van der Waals surface area contributed by atoms with Crippen LogP contribution in [-0.2, 0) is 6.42 Å². The van der Waals surface area contributed by atoms with E-state index < -0.39 is 0 Å². The van der Waals surface area contributed by atoms with Crippen molar-refractivity contribution in [2.24, 2.45) is 0 Å². The highest BCUT2D eigenvalue weighted by Gasteiger charge is 2.34. The Hall–Kier alpha value is -0.900. The van der Waals surface area contributed by atoms with Gasteiger partial charge in [0.1, 0.15) is 5.82 Å². The van der Waals surface area contributed by atoms with Gasteiger partial charge < -0.3 is 5.32 Å². The zero-order valence-electron chi connectivity index (χ0n) is 11.0. The molecule has 1 nitrogen and oxygen atoms in total. The fourth-order valence-corrected chi connectivity index (χ4v) is 3.43. The van der Waals surface area contributed by atoms with Crippen LogP contribution < -0.4 is 5.32 Å². The molecule has 1 aliphatic rings. The van der Waals surface area contributed by atoms with Gasteiger partial charge in [-0.1, -0.05) is 41.9 Å². The SMILES string of the molecule is CNC(c1ccc(Br)c(Cl)c1F)C1Cc2ccccc21. The van der Waals surface area contributed by atoms with Crippen molar-refractivity contribution in [3.8, 4) is 0 Å². The Morgan fingerprint density at radius 2 is 2.05 bits per heavy atom. The quantitative estimate of drug-likeness (QED) is 0.778. The van der Waals surface area contributed by atoms with Gasteiger partial charge in [-0.05, 0) is 46.6 Å². The van der Waals surface area contributed by atoms with E-state index in [2.05, 4.69) is 33.4 Å². The van der Waals surface area contributed by atoms with Gasteiger partial charge in [-0.25, -0.2) is 4.39 Å². The van der Waals surface area contributed by atoms with Crippen molar-refractivity contribution < 1.29 is 4.39 Å². The second-order valence-corrected chi connectivity index (χ2v) is 6.27. The van der Waals surface area contributed by atoms with E-state index in [1.165, 1.54) is 11.1 Å². The second-order valence-electron chi connectivity index (χ2n) is 5.04. The van der Waals surface area contributed by atoms with Gasteiger partial charge in [0.2, 0.25) is 0 Å². The lowest BCUT2D eigenvalue weighted by Gasteiger charge is -2.37. The smallest absolute Gasteiger partial charge is 0.147 e. The van der Waals surface area contributed by atoms with E-state index in [0.717, 1.165) is 6.42 Å². The van der Waals surface area contributed by atoms with E-state index in [9.17, 15) is 4.39 Å². The maximum atomic E-state index is 14.4. The van der Waals surface area contributed by atoms with E-state index in [-0.39, 0.29) is 16.9 Å². The maximum Gasteiger partial charge on any atom is 0.147 e. The van der Waals surface area contributed by atoms with Crippen molar-refractivity contribution in [3.05, 3.63) is 68.4 Å². The topological polar surface area (TPSA) is 12.0 Å². The lowest BCUT2D eigenvalue weighted by molar-refractivity contribution is 0.422. The van der Waals surface area contributed by atoms with Crippen molar-refractivity contribution in [2.75, 3.05) is 7.05 Å². The summed E-state index contributed by atoms with van der Waals surface area (Å²) in [6.45, 7) is 0. The highest BCUT2D eigenvalue weighted by molar-refractivity contribution is 9.10. The van der Waals surface area contributed by atoms with Gasteiger partial charge in [-0.3, -0.25) is 0 Å². The second kappa shape index (κ2) is 5.47. The monoisotopic (exact) mass is 353 g/mol. The Balaban J connectivity index is 1.99. The number of halogens is 3. The van der Waals surface area contributed by atoms with Crippen molar-refractivity contribution in [1.29, 1.82) is 0 Å². The van der Waals surface area contributed by atoms with Crippen molar-refractivity contribution >= 4 is 27.5 Å². The molecule has 2 aromatic carbocycles. The Labute approximate surface area is 131 Å². The summed E-state index contributed by atoms with van der Waals surface area (Å²) < 4.78 is 15.0. The third kappa shape index (κ3) is 2.18. The van der Waals surface area contributed by atoms with Crippen molar-refractivity contribution in [1.82, 2.24) is 5.32 Å². The molecule has 0 aromatic heterocycles. The van der Waals surface area contributed by atoms with E-state index >= 15 is 0 Å². The van der Waals surface area contributed by atoms with Gasteiger partial charge >= 0.3 is 0 Å². The highest BCUT2D eigenvalue weighted by Crippen LogP contribution is 2.44. The summed E-state index contributed by atoms with van der Waals surface area (Å²) in [4.78, 5) is 0. The van der Waals surface area contributed by atoms with Crippen LogP contribution in [-0.4, -0.2) is 7.05 Å². The molecule has 0 heterocycles. The van der Waals surface area contributed by atoms with Crippen LogP contribution >= 0.6 is 27.5 Å². The third-order valence-electron chi connectivity index (χ3n) is 4.01. The van der Waals surface area contributed by atoms with Crippen molar-refractivity contribution in [3.63, 3.8) is 0 Å². The molecule has 4 heteroatoms. The summed E-state index contributed by atoms with van der Waals surface area (Å²) >= 11 is 9.25. The molecule has 0 saturated carbocycles. The van der Waals surface area contributed by atoms with Crippen LogP contribution in [0.15, 0.2) is 40.9 Å². The lowest BCUT2D eigenvalue weighted by atomic mass is 9.71.